The molecule has 1 heterocycles. The number of anilines is 1. The van der Waals surface area contributed by atoms with Crippen molar-refractivity contribution in [2.45, 2.75) is 38.1 Å². The summed E-state index contributed by atoms with van der Waals surface area (Å²) in [6, 6.07) is 0. The van der Waals surface area contributed by atoms with Crippen LogP contribution in [0.25, 0.3) is 0 Å². The fraction of sp³-hybridized carbons (Fsp3) is 0.667. The third kappa shape index (κ3) is 2.50. The van der Waals surface area contributed by atoms with Crippen LogP contribution in [0, 0.1) is 5.92 Å². The molecule has 0 amide bonds. The van der Waals surface area contributed by atoms with Gasteiger partial charge in [0.05, 0.1) is 18.3 Å². The Morgan fingerprint density at radius 1 is 1.44 bits per heavy atom. The van der Waals surface area contributed by atoms with Gasteiger partial charge in [0.25, 0.3) is 0 Å². The zero-order chi connectivity index (χ0) is 11.4. The first-order chi connectivity index (χ1) is 7.74. The van der Waals surface area contributed by atoms with Gasteiger partial charge in [-0.3, -0.25) is 4.98 Å². The minimum atomic E-state index is -0.192. The second kappa shape index (κ2) is 4.78. The zero-order valence-electron chi connectivity index (χ0n) is 9.69. The van der Waals surface area contributed by atoms with Crippen molar-refractivity contribution in [3.8, 4) is 0 Å². The van der Waals surface area contributed by atoms with Gasteiger partial charge in [-0.25, -0.2) is 4.98 Å². The van der Waals surface area contributed by atoms with Crippen molar-refractivity contribution in [2.75, 3.05) is 11.9 Å². The number of aliphatic hydroxyl groups is 1. The summed E-state index contributed by atoms with van der Waals surface area (Å²) in [6.45, 7) is 2.43. The number of nitrogens with one attached hydrogen (secondary N) is 1. The Kier molecular flexibility index (Phi) is 3.39. The van der Waals surface area contributed by atoms with Crippen LogP contribution < -0.4 is 5.32 Å². The molecule has 0 unspecified atom stereocenters. The molecule has 2 rings (SSSR count). The van der Waals surface area contributed by atoms with Crippen LogP contribution in [-0.4, -0.2) is 27.2 Å². The average Bonchev–Trinajstić information content (AvgIpc) is 2.34. The van der Waals surface area contributed by atoms with Crippen molar-refractivity contribution >= 4 is 5.82 Å². The van der Waals surface area contributed by atoms with E-state index in [1.807, 2.05) is 0 Å². The molecule has 4 nitrogen and oxygen atoms in total. The molecule has 0 atom stereocenters. The molecule has 1 aliphatic carbocycles. The lowest BCUT2D eigenvalue weighted by atomic mass is 9.77. The highest BCUT2D eigenvalue weighted by Crippen LogP contribution is 2.33. The number of rotatable bonds is 3. The second-order valence-corrected chi connectivity index (χ2v) is 4.84. The fourth-order valence-electron chi connectivity index (χ4n) is 2.27. The monoisotopic (exact) mass is 221 g/mol. The Morgan fingerprint density at radius 2 is 2.19 bits per heavy atom. The maximum Gasteiger partial charge on any atom is 0.144 e. The predicted molar refractivity (Wildman–Crippen MR) is 63.1 cm³/mol. The summed E-state index contributed by atoms with van der Waals surface area (Å²) in [7, 11) is 0. The van der Waals surface area contributed by atoms with E-state index in [2.05, 4.69) is 22.2 Å². The van der Waals surface area contributed by atoms with Crippen molar-refractivity contribution in [3.05, 3.63) is 18.6 Å². The van der Waals surface area contributed by atoms with Gasteiger partial charge >= 0.3 is 0 Å². The number of hydrogen-bond acceptors (Lipinski definition) is 4. The van der Waals surface area contributed by atoms with Gasteiger partial charge in [0.2, 0.25) is 0 Å². The van der Waals surface area contributed by atoms with Gasteiger partial charge in [-0.05, 0) is 31.6 Å². The highest BCUT2D eigenvalue weighted by Gasteiger charge is 2.33. The molecule has 1 aromatic rings. The van der Waals surface area contributed by atoms with Crippen molar-refractivity contribution < 1.29 is 5.11 Å². The van der Waals surface area contributed by atoms with Gasteiger partial charge in [-0.1, -0.05) is 6.92 Å². The summed E-state index contributed by atoms with van der Waals surface area (Å²) >= 11 is 0. The molecule has 2 N–H and O–H groups in total. The van der Waals surface area contributed by atoms with Crippen molar-refractivity contribution in [2.24, 2.45) is 5.92 Å². The summed E-state index contributed by atoms with van der Waals surface area (Å²) in [4.78, 5) is 8.22. The molecule has 1 saturated carbocycles. The molecular weight excluding hydrogens is 202 g/mol. The standard InChI is InChI=1S/C12H19N3O/c1-10-2-4-12(9-16,5-3-10)15-11-8-13-6-7-14-11/h6-8,10,16H,2-5,9H2,1H3,(H,14,15). The molecule has 0 aliphatic heterocycles. The van der Waals surface area contributed by atoms with E-state index in [4.69, 9.17) is 0 Å². The Morgan fingerprint density at radius 3 is 2.75 bits per heavy atom. The van der Waals surface area contributed by atoms with Gasteiger partial charge in [0, 0.05) is 12.4 Å². The van der Waals surface area contributed by atoms with E-state index < -0.39 is 0 Å². The summed E-state index contributed by atoms with van der Waals surface area (Å²) in [6.07, 6.45) is 9.35. The van der Waals surface area contributed by atoms with Crippen molar-refractivity contribution in [1.29, 1.82) is 0 Å². The number of nitrogens with zero attached hydrogens (tertiary/aromatic N) is 2. The van der Waals surface area contributed by atoms with Crippen LogP contribution >= 0.6 is 0 Å². The largest absolute Gasteiger partial charge is 0.394 e. The quantitative estimate of drug-likeness (QED) is 0.817. The molecule has 4 heteroatoms. The number of hydrogen-bond donors (Lipinski definition) is 2. The molecule has 88 valence electrons. The lowest BCUT2D eigenvalue weighted by molar-refractivity contribution is 0.155. The molecule has 1 aliphatic rings. The average molecular weight is 221 g/mol. The van der Waals surface area contributed by atoms with E-state index in [0.717, 1.165) is 37.4 Å². The Hall–Kier alpha value is -1.16. The van der Waals surface area contributed by atoms with E-state index in [0.29, 0.717) is 0 Å². The van der Waals surface area contributed by atoms with Crippen LogP contribution in [0.15, 0.2) is 18.6 Å². The van der Waals surface area contributed by atoms with Gasteiger partial charge in [0.1, 0.15) is 5.82 Å². The topological polar surface area (TPSA) is 58.0 Å². The van der Waals surface area contributed by atoms with E-state index in [1.54, 1.807) is 18.6 Å². The lowest BCUT2D eigenvalue weighted by Crippen LogP contribution is -2.45. The van der Waals surface area contributed by atoms with E-state index in [9.17, 15) is 5.11 Å². The van der Waals surface area contributed by atoms with Crippen LogP contribution in [0.3, 0.4) is 0 Å². The second-order valence-electron chi connectivity index (χ2n) is 4.84. The van der Waals surface area contributed by atoms with E-state index in [1.165, 1.54) is 0 Å². The molecule has 0 aromatic carbocycles. The van der Waals surface area contributed by atoms with Crippen molar-refractivity contribution in [1.82, 2.24) is 9.97 Å². The molecule has 1 aromatic heterocycles. The minimum absolute atomic E-state index is 0.163. The molecule has 16 heavy (non-hydrogen) atoms. The highest BCUT2D eigenvalue weighted by atomic mass is 16.3. The van der Waals surface area contributed by atoms with Gasteiger partial charge in [-0.15, -0.1) is 0 Å². The van der Waals surface area contributed by atoms with Crippen LogP contribution in [-0.2, 0) is 0 Å². The summed E-state index contributed by atoms with van der Waals surface area (Å²) in [5, 5.41) is 12.9. The molecule has 1 fully saturated rings. The van der Waals surface area contributed by atoms with Gasteiger partial charge in [0.15, 0.2) is 0 Å². The lowest BCUT2D eigenvalue weighted by Gasteiger charge is -2.39. The maximum atomic E-state index is 9.58. The number of aromatic nitrogens is 2. The van der Waals surface area contributed by atoms with Crippen LogP contribution in [0.2, 0.25) is 0 Å². The van der Waals surface area contributed by atoms with E-state index in [-0.39, 0.29) is 12.1 Å². The smallest absolute Gasteiger partial charge is 0.144 e. The summed E-state index contributed by atoms with van der Waals surface area (Å²) < 4.78 is 0. The molecule has 0 radical (unpaired) electrons. The van der Waals surface area contributed by atoms with E-state index >= 15 is 0 Å². The molecular formula is C12H19N3O. The maximum absolute atomic E-state index is 9.58. The van der Waals surface area contributed by atoms with Crippen LogP contribution in [0.1, 0.15) is 32.6 Å². The SMILES string of the molecule is CC1CCC(CO)(Nc2cnccn2)CC1. The first-order valence-electron chi connectivity index (χ1n) is 5.89. The Bertz CT molecular complexity index is 320. The third-order valence-corrected chi connectivity index (χ3v) is 3.49. The number of aliphatic hydroxyl groups excluding tert-OH is 1. The van der Waals surface area contributed by atoms with Gasteiger partial charge < -0.3 is 10.4 Å². The molecule has 0 spiro atoms. The van der Waals surface area contributed by atoms with Crippen LogP contribution in [0.5, 0.6) is 0 Å². The normalized spacial score (nSPS) is 30.0. The first kappa shape index (κ1) is 11.3. The predicted octanol–water partition coefficient (Wildman–Crippen LogP) is 1.83. The Balaban J connectivity index is 2.05. The molecule has 0 bridgehead atoms. The Labute approximate surface area is 96.1 Å². The highest BCUT2D eigenvalue weighted by molar-refractivity contribution is 5.34. The fourth-order valence-corrected chi connectivity index (χ4v) is 2.27. The third-order valence-electron chi connectivity index (χ3n) is 3.49. The molecule has 0 saturated heterocycles. The zero-order valence-corrected chi connectivity index (χ0v) is 9.69. The van der Waals surface area contributed by atoms with Gasteiger partial charge in [-0.2, -0.15) is 0 Å². The summed E-state index contributed by atoms with van der Waals surface area (Å²) in [5.41, 5.74) is -0.192. The minimum Gasteiger partial charge on any atom is -0.394 e. The van der Waals surface area contributed by atoms with Crippen molar-refractivity contribution in [3.63, 3.8) is 0 Å². The summed E-state index contributed by atoms with van der Waals surface area (Å²) in [5.74, 6) is 1.52. The first-order valence-corrected chi connectivity index (χ1v) is 5.89. The van der Waals surface area contributed by atoms with Crippen LogP contribution in [0.4, 0.5) is 5.82 Å².